The summed E-state index contributed by atoms with van der Waals surface area (Å²) in [5.74, 6) is -1.21. The third-order valence-electron chi connectivity index (χ3n) is 1.85. The van der Waals surface area contributed by atoms with E-state index in [0.717, 1.165) is 0 Å². The van der Waals surface area contributed by atoms with Crippen LogP contribution in [0.1, 0.15) is 11.1 Å². The Hall–Kier alpha value is -1.45. The Morgan fingerprint density at radius 2 is 1.53 bits per heavy atom. The van der Waals surface area contributed by atoms with Gasteiger partial charge in [-0.15, -0.1) is 0 Å². The second kappa shape index (κ2) is 4.58. The van der Waals surface area contributed by atoms with Crippen LogP contribution in [0, 0.1) is 0 Å². The zero-order chi connectivity index (χ0) is 15.1. The Balaban J connectivity index is 3.42. The van der Waals surface area contributed by atoms with Crippen molar-refractivity contribution >= 4 is 10.1 Å². The van der Waals surface area contributed by atoms with Crippen LogP contribution in [-0.4, -0.2) is 14.7 Å². The number of alkyl halides is 6. The monoisotopic (exact) mass is 308 g/mol. The van der Waals surface area contributed by atoms with Crippen LogP contribution in [0.3, 0.4) is 0 Å². The second-order valence-electron chi connectivity index (χ2n) is 3.49. The van der Waals surface area contributed by atoms with Gasteiger partial charge in [-0.05, 0) is 18.2 Å². The van der Waals surface area contributed by atoms with Crippen molar-refractivity contribution in [2.75, 3.05) is 6.26 Å². The van der Waals surface area contributed by atoms with Crippen molar-refractivity contribution in [3.05, 3.63) is 29.3 Å². The molecule has 1 aromatic rings. The van der Waals surface area contributed by atoms with Crippen molar-refractivity contribution in [3.8, 4) is 5.75 Å². The number of hydrogen-bond acceptors (Lipinski definition) is 3. The van der Waals surface area contributed by atoms with Gasteiger partial charge >= 0.3 is 22.5 Å². The number of benzene rings is 1. The van der Waals surface area contributed by atoms with Gasteiger partial charge in [-0.2, -0.15) is 34.8 Å². The fourth-order valence-corrected chi connectivity index (χ4v) is 1.64. The molecule has 1 rings (SSSR count). The molecule has 0 aromatic heterocycles. The Bertz CT molecular complexity index is 573. The lowest BCUT2D eigenvalue weighted by Gasteiger charge is -2.15. The zero-order valence-corrected chi connectivity index (χ0v) is 9.95. The van der Waals surface area contributed by atoms with Gasteiger partial charge in [-0.1, -0.05) is 0 Å². The van der Waals surface area contributed by atoms with E-state index in [4.69, 9.17) is 0 Å². The lowest BCUT2D eigenvalue weighted by atomic mass is 10.1. The molecule has 0 spiro atoms. The molecule has 0 aliphatic heterocycles. The summed E-state index contributed by atoms with van der Waals surface area (Å²) >= 11 is 0. The molecule has 0 aliphatic rings. The first-order valence-corrected chi connectivity index (χ1v) is 6.30. The molecule has 0 saturated heterocycles. The van der Waals surface area contributed by atoms with Crippen LogP contribution >= 0.6 is 0 Å². The lowest BCUT2D eigenvalue weighted by Crippen LogP contribution is -2.15. The molecule has 0 aliphatic carbocycles. The van der Waals surface area contributed by atoms with Gasteiger partial charge in [-0.25, -0.2) is 0 Å². The first-order chi connectivity index (χ1) is 8.31. The average Bonchev–Trinajstić information content (AvgIpc) is 2.11. The fraction of sp³-hybridized carbons (Fsp3) is 0.333. The minimum absolute atomic E-state index is 0.208. The molecule has 0 atom stereocenters. The van der Waals surface area contributed by atoms with Gasteiger partial charge in [0.05, 0.1) is 17.4 Å². The van der Waals surface area contributed by atoms with Crippen LogP contribution in [-0.2, 0) is 22.5 Å². The van der Waals surface area contributed by atoms with Crippen LogP contribution in [0.15, 0.2) is 18.2 Å². The van der Waals surface area contributed by atoms with Crippen molar-refractivity contribution in [1.82, 2.24) is 0 Å². The highest BCUT2D eigenvalue weighted by Crippen LogP contribution is 2.40. The molecule has 0 N–H and O–H groups in total. The molecular formula is C9H6F6O3S. The van der Waals surface area contributed by atoms with Crippen LogP contribution in [0.4, 0.5) is 26.3 Å². The molecule has 0 bridgehead atoms. The normalized spacial score (nSPS) is 13.4. The highest BCUT2D eigenvalue weighted by Gasteiger charge is 2.39. The summed E-state index contributed by atoms with van der Waals surface area (Å²) < 4.78 is 100. The maximum Gasteiger partial charge on any atom is 0.420 e. The highest BCUT2D eigenvalue weighted by atomic mass is 32.2. The number of rotatable bonds is 2. The maximum atomic E-state index is 12.5. The SMILES string of the molecule is CS(=O)(=O)Oc1ccc(C(F)(F)F)cc1C(F)(F)F. The van der Waals surface area contributed by atoms with E-state index < -0.39 is 39.3 Å². The molecule has 0 radical (unpaired) electrons. The Morgan fingerprint density at radius 1 is 1.00 bits per heavy atom. The molecule has 0 heterocycles. The van der Waals surface area contributed by atoms with Crippen molar-refractivity contribution < 1.29 is 38.9 Å². The standard InChI is InChI=1S/C9H6F6O3S/c1-19(16,17)18-7-3-2-5(8(10,11)12)4-6(7)9(13,14)15/h2-4H,1H3. The molecule has 19 heavy (non-hydrogen) atoms. The van der Waals surface area contributed by atoms with E-state index >= 15 is 0 Å². The Labute approximate surface area is 103 Å². The third-order valence-corrected chi connectivity index (χ3v) is 2.34. The van der Waals surface area contributed by atoms with E-state index in [1.165, 1.54) is 0 Å². The fourth-order valence-electron chi connectivity index (χ4n) is 1.16. The summed E-state index contributed by atoms with van der Waals surface area (Å²) in [5.41, 5.74) is -3.37. The molecule has 3 nitrogen and oxygen atoms in total. The second-order valence-corrected chi connectivity index (χ2v) is 5.07. The summed E-state index contributed by atoms with van der Waals surface area (Å²) in [6.07, 6.45) is -9.68. The summed E-state index contributed by atoms with van der Waals surface area (Å²) in [6.45, 7) is 0. The molecule has 0 amide bonds. The van der Waals surface area contributed by atoms with E-state index in [2.05, 4.69) is 4.18 Å². The summed E-state index contributed by atoms with van der Waals surface area (Å²) in [7, 11) is -4.29. The molecule has 1 aromatic carbocycles. The average molecular weight is 308 g/mol. The molecular weight excluding hydrogens is 302 g/mol. The van der Waals surface area contributed by atoms with Crippen LogP contribution < -0.4 is 4.18 Å². The predicted molar refractivity (Wildman–Crippen MR) is 51.9 cm³/mol. The van der Waals surface area contributed by atoms with Crippen LogP contribution in [0.2, 0.25) is 0 Å². The Kier molecular flexibility index (Phi) is 3.76. The van der Waals surface area contributed by atoms with Gasteiger partial charge in [0.15, 0.2) is 5.75 Å². The van der Waals surface area contributed by atoms with Crippen molar-refractivity contribution in [2.45, 2.75) is 12.4 Å². The summed E-state index contributed by atoms with van der Waals surface area (Å²) in [4.78, 5) is 0. The van der Waals surface area contributed by atoms with Crippen LogP contribution in [0.5, 0.6) is 5.75 Å². The highest BCUT2D eigenvalue weighted by molar-refractivity contribution is 7.86. The molecule has 0 fully saturated rings. The lowest BCUT2D eigenvalue weighted by molar-refractivity contribution is -0.143. The maximum absolute atomic E-state index is 12.5. The van der Waals surface area contributed by atoms with Gasteiger partial charge < -0.3 is 4.18 Å². The van der Waals surface area contributed by atoms with Gasteiger partial charge in [0.2, 0.25) is 0 Å². The minimum atomic E-state index is -5.18. The molecule has 108 valence electrons. The quantitative estimate of drug-likeness (QED) is 0.623. The van der Waals surface area contributed by atoms with Crippen molar-refractivity contribution in [1.29, 1.82) is 0 Å². The largest absolute Gasteiger partial charge is 0.420 e. The van der Waals surface area contributed by atoms with Gasteiger partial charge in [-0.3, -0.25) is 0 Å². The molecule has 10 heteroatoms. The van der Waals surface area contributed by atoms with E-state index in [1.54, 1.807) is 0 Å². The van der Waals surface area contributed by atoms with Crippen molar-refractivity contribution in [2.24, 2.45) is 0 Å². The number of halogens is 6. The van der Waals surface area contributed by atoms with E-state index in [1.807, 2.05) is 0 Å². The molecule has 0 unspecified atom stereocenters. The van der Waals surface area contributed by atoms with Crippen molar-refractivity contribution in [3.63, 3.8) is 0 Å². The van der Waals surface area contributed by atoms with Crippen LogP contribution in [0.25, 0.3) is 0 Å². The Morgan fingerprint density at radius 3 is 1.89 bits per heavy atom. The van der Waals surface area contributed by atoms with E-state index in [-0.39, 0.29) is 6.07 Å². The van der Waals surface area contributed by atoms with Gasteiger partial charge in [0.1, 0.15) is 0 Å². The van der Waals surface area contributed by atoms with E-state index in [9.17, 15) is 34.8 Å². The summed E-state index contributed by atoms with van der Waals surface area (Å²) in [5, 5.41) is 0. The van der Waals surface area contributed by atoms with Gasteiger partial charge in [0, 0.05) is 0 Å². The third kappa shape index (κ3) is 4.30. The smallest absolute Gasteiger partial charge is 0.382 e. The number of hydrogen-bond donors (Lipinski definition) is 0. The minimum Gasteiger partial charge on any atom is -0.382 e. The first-order valence-electron chi connectivity index (χ1n) is 4.48. The first kappa shape index (κ1) is 15.6. The molecule has 0 saturated carbocycles. The van der Waals surface area contributed by atoms with E-state index in [0.29, 0.717) is 18.4 Å². The zero-order valence-electron chi connectivity index (χ0n) is 9.13. The topological polar surface area (TPSA) is 43.4 Å². The summed E-state index contributed by atoms with van der Waals surface area (Å²) in [6, 6.07) is 0.406. The van der Waals surface area contributed by atoms with Gasteiger partial charge in [0.25, 0.3) is 0 Å². The predicted octanol–water partition coefficient (Wildman–Crippen LogP) is 3.06.